The number of aromatic nitrogens is 1. The number of nitrogens with one attached hydrogen (secondary N) is 1. The van der Waals surface area contributed by atoms with E-state index in [-0.39, 0.29) is 0 Å². The molecular weight excluding hydrogens is 188 g/mol. The first-order chi connectivity index (χ1) is 7.13. The second-order valence-corrected chi connectivity index (χ2v) is 4.52. The molecule has 1 rings (SSSR count). The molecule has 3 heteroatoms. The largest absolute Gasteiger partial charge is 0.360 e. The Bertz CT molecular complexity index is 281. The SMILES string of the molecule is CCC(C)CNCc1cc(C(C)C)no1. The minimum Gasteiger partial charge on any atom is -0.360 e. The van der Waals surface area contributed by atoms with Gasteiger partial charge in [-0.3, -0.25) is 0 Å². The van der Waals surface area contributed by atoms with Gasteiger partial charge in [0, 0.05) is 6.07 Å². The molecule has 0 aliphatic carbocycles. The summed E-state index contributed by atoms with van der Waals surface area (Å²) in [5.74, 6) is 2.09. The molecular formula is C12H22N2O. The molecule has 0 saturated carbocycles. The third-order valence-electron chi connectivity index (χ3n) is 2.66. The number of hydrogen-bond acceptors (Lipinski definition) is 3. The Balaban J connectivity index is 2.31. The van der Waals surface area contributed by atoms with Gasteiger partial charge < -0.3 is 9.84 Å². The van der Waals surface area contributed by atoms with Gasteiger partial charge in [0.05, 0.1) is 12.2 Å². The molecule has 1 atom stereocenters. The number of hydrogen-bond donors (Lipinski definition) is 1. The first-order valence-corrected chi connectivity index (χ1v) is 5.79. The Morgan fingerprint density at radius 2 is 2.13 bits per heavy atom. The Labute approximate surface area is 92.2 Å². The van der Waals surface area contributed by atoms with E-state index in [1.807, 2.05) is 6.07 Å². The highest BCUT2D eigenvalue weighted by molar-refractivity contribution is 5.08. The van der Waals surface area contributed by atoms with Crippen LogP contribution in [0.4, 0.5) is 0 Å². The Hall–Kier alpha value is -0.830. The van der Waals surface area contributed by atoms with Crippen molar-refractivity contribution < 1.29 is 4.52 Å². The summed E-state index contributed by atoms with van der Waals surface area (Å²) in [6, 6.07) is 2.04. The molecule has 0 aromatic carbocycles. The molecule has 1 aromatic heterocycles. The fraction of sp³-hybridized carbons (Fsp3) is 0.750. The van der Waals surface area contributed by atoms with Crippen LogP contribution in [0, 0.1) is 5.92 Å². The van der Waals surface area contributed by atoms with Crippen molar-refractivity contribution in [2.24, 2.45) is 5.92 Å². The summed E-state index contributed by atoms with van der Waals surface area (Å²) in [4.78, 5) is 0. The smallest absolute Gasteiger partial charge is 0.150 e. The lowest BCUT2D eigenvalue weighted by Gasteiger charge is -2.07. The molecule has 0 radical (unpaired) electrons. The van der Waals surface area contributed by atoms with Crippen molar-refractivity contribution in [3.63, 3.8) is 0 Å². The van der Waals surface area contributed by atoms with E-state index >= 15 is 0 Å². The fourth-order valence-corrected chi connectivity index (χ4v) is 1.27. The van der Waals surface area contributed by atoms with Crippen LogP contribution in [0.3, 0.4) is 0 Å². The quantitative estimate of drug-likeness (QED) is 0.784. The zero-order chi connectivity index (χ0) is 11.3. The van der Waals surface area contributed by atoms with Crippen molar-refractivity contribution in [3.8, 4) is 0 Å². The molecule has 1 heterocycles. The van der Waals surface area contributed by atoms with E-state index in [4.69, 9.17) is 4.52 Å². The average Bonchev–Trinajstić information content (AvgIpc) is 2.66. The normalized spacial score (nSPS) is 13.4. The minimum absolute atomic E-state index is 0.442. The van der Waals surface area contributed by atoms with E-state index in [0.717, 1.165) is 30.5 Å². The van der Waals surface area contributed by atoms with Crippen molar-refractivity contribution in [1.29, 1.82) is 0 Å². The molecule has 0 amide bonds. The summed E-state index contributed by atoms with van der Waals surface area (Å²) in [5.41, 5.74) is 1.04. The van der Waals surface area contributed by atoms with Crippen LogP contribution in [0.25, 0.3) is 0 Å². The Morgan fingerprint density at radius 1 is 1.40 bits per heavy atom. The van der Waals surface area contributed by atoms with Crippen molar-refractivity contribution in [1.82, 2.24) is 10.5 Å². The highest BCUT2D eigenvalue weighted by atomic mass is 16.5. The molecule has 0 saturated heterocycles. The lowest BCUT2D eigenvalue weighted by Crippen LogP contribution is -2.19. The maximum Gasteiger partial charge on any atom is 0.150 e. The summed E-state index contributed by atoms with van der Waals surface area (Å²) < 4.78 is 5.23. The zero-order valence-electron chi connectivity index (χ0n) is 10.2. The van der Waals surface area contributed by atoms with Crippen LogP contribution >= 0.6 is 0 Å². The molecule has 1 N–H and O–H groups in total. The van der Waals surface area contributed by atoms with E-state index in [1.54, 1.807) is 0 Å². The van der Waals surface area contributed by atoms with Crippen molar-refractivity contribution in [2.45, 2.75) is 46.6 Å². The van der Waals surface area contributed by atoms with Crippen LogP contribution in [0.15, 0.2) is 10.6 Å². The molecule has 86 valence electrons. The molecule has 0 aliphatic rings. The van der Waals surface area contributed by atoms with Gasteiger partial charge in [0.2, 0.25) is 0 Å². The van der Waals surface area contributed by atoms with Gasteiger partial charge in [-0.25, -0.2) is 0 Å². The molecule has 3 nitrogen and oxygen atoms in total. The van der Waals surface area contributed by atoms with E-state index in [9.17, 15) is 0 Å². The highest BCUT2D eigenvalue weighted by Gasteiger charge is 2.07. The van der Waals surface area contributed by atoms with Gasteiger partial charge in [0.15, 0.2) is 5.76 Å². The summed E-state index contributed by atoms with van der Waals surface area (Å²) >= 11 is 0. The third-order valence-corrected chi connectivity index (χ3v) is 2.66. The average molecular weight is 210 g/mol. The maximum absolute atomic E-state index is 5.23. The van der Waals surface area contributed by atoms with Gasteiger partial charge in [0.25, 0.3) is 0 Å². The molecule has 1 unspecified atom stereocenters. The van der Waals surface area contributed by atoms with Crippen molar-refractivity contribution in [2.75, 3.05) is 6.54 Å². The van der Waals surface area contributed by atoms with Gasteiger partial charge in [-0.15, -0.1) is 0 Å². The fourth-order valence-electron chi connectivity index (χ4n) is 1.27. The predicted molar refractivity (Wildman–Crippen MR) is 61.8 cm³/mol. The van der Waals surface area contributed by atoms with E-state index in [2.05, 4.69) is 38.2 Å². The molecule has 0 fully saturated rings. The molecule has 0 aliphatic heterocycles. The van der Waals surface area contributed by atoms with Gasteiger partial charge in [-0.05, 0) is 18.4 Å². The van der Waals surface area contributed by atoms with Crippen LogP contribution in [0.5, 0.6) is 0 Å². The Morgan fingerprint density at radius 3 is 2.67 bits per heavy atom. The lowest BCUT2D eigenvalue weighted by atomic mass is 10.1. The maximum atomic E-state index is 5.23. The van der Waals surface area contributed by atoms with Crippen LogP contribution < -0.4 is 5.32 Å². The van der Waals surface area contributed by atoms with Crippen molar-refractivity contribution in [3.05, 3.63) is 17.5 Å². The summed E-state index contributed by atoms with van der Waals surface area (Å²) in [5, 5.41) is 7.39. The summed E-state index contributed by atoms with van der Waals surface area (Å²) in [7, 11) is 0. The topological polar surface area (TPSA) is 38.1 Å². The molecule has 15 heavy (non-hydrogen) atoms. The van der Waals surface area contributed by atoms with Gasteiger partial charge >= 0.3 is 0 Å². The second-order valence-electron chi connectivity index (χ2n) is 4.52. The van der Waals surface area contributed by atoms with Gasteiger partial charge in [-0.1, -0.05) is 39.3 Å². The summed E-state index contributed by atoms with van der Waals surface area (Å²) in [6.07, 6.45) is 1.21. The van der Waals surface area contributed by atoms with Crippen LogP contribution in [0.1, 0.15) is 51.5 Å². The van der Waals surface area contributed by atoms with Gasteiger partial charge in [0.1, 0.15) is 0 Å². The predicted octanol–water partition coefficient (Wildman–Crippen LogP) is 2.93. The lowest BCUT2D eigenvalue weighted by molar-refractivity contribution is 0.360. The van der Waals surface area contributed by atoms with Crippen LogP contribution in [-0.2, 0) is 6.54 Å². The van der Waals surface area contributed by atoms with E-state index < -0.39 is 0 Å². The van der Waals surface area contributed by atoms with Gasteiger partial charge in [-0.2, -0.15) is 0 Å². The van der Waals surface area contributed by atoms with E-state index in [0.29, 0.717) is 5.92 Å². The van der Waals surface area contributed by atoms with E-state index in [1.165, 1.54) is 6.42 Å². The third kappa shape index (κ3) is 4.04. The first kappa shape index (κ1) is 12.2. The number of nitrogens with zero attached hydrogens (tertiary/aromatic N) is 1. The molecule has 1 aromatic rings. The highest BCUT2D eigenvalue weighted by Crippen LogP contribution is 2.13. The summed E-state index contributed by atoms with van der Waals surface area (Å²) in [6.45, 7) is 10.5. The zero-order valence-corrected chi connectivity index (χ0v) is 10.2. The molecule has 0 spiro atoms. The standard InChI is InChI=1S/C12H22N2O/c1-5-10(4)7-13-8-11-6-12(9(2)3)14-15-11/h6,9-10,13H,5,7-8H2,1-4H3. The van der Waals surface area contributed by atoms with Crippen LogP contribution in [0.2, 0.25) is 0 Å². The number of rotatable bonds is 6. The monoisotopic (exact) mass is 210 g/mol. The van der Waals surface area contributed by atoms with Crippen molar-refractivity contribution >= 4 is 0 Å². The van der Waals surface area contributed by atoms with Crippen LogP contribution in [-0.4, -0.2) is 11.7 Å². The minimum atomic E-state index is 0.442. The first-order valence-electron chi connectivity index (χ1n) is 5.79. The molecule has 0 bridgehead atoms. The second kappa shape index (κ2) is 5.91. The Kier molecular flexibility index (Phi) is 4.82.